The minimum absolute atomic E-state index is 0.282. The predicted octanol–water partition coefficient (Wildman–Crippen LogP) is 2.55. The molecule has 2 atom stereocenters. The first-order chi connectivity index (χ1) is 13.5. The smallest absolute Gasteiger partial charge is 0.339 e. The lowest BCUT2D eigenvalue weighted by Crippen LogP contribution is -2.43. The highest BCUT2D eigenvalue weighted by molar-refractivity contribution is 5.95. The number of carbonyl (C=O) groups excluding carboxylic acids is 2. The molecule has 0 saturated carbocycles. The molecule has 0 fully saturated rings. The number of hydrogen-bond donors (Lipinski definition) is 1. The van der Waals surface area contributed by atoms with Crippen LogP contribution in [0.25, 0.3) is 0 Å². The molecule has 1 N–H and O–H groups in total. The number of nitrogens with one attached hydrogen (secondary N) is 1. The van der Waals surface area contributed by atoms with Gasteiger partial charge in [0, 0.05) is 25.9 Å². The Morgan fingerprint density at radius 2 is 2.11 bits per heavy atom. The predicted molar refractivity (Wildman–Crippen MR) is 98.9 cm³/mol. The quantitative estimate of drug-likeness (QED) is 0.707. The molecule has 2 heterocycles. The van der Waals surface area contributed by atoms with Crippen LogP contribution >= 0.6 is 0 Å². The van der Waals surface area contributed by atoms with E-state index in [1.54, 1.807) is 54.3 Å². The molecule has 1 aliphatic rings. The summed E-state index contributed by atoms with van der Waals surface area (Å²) in [5.74, 6) is -0.855. The second kappa shape index (κ2) is 7.26. The van der Waals surface area contributed by atoms with Crippen molar-refractivity contribution >= 4 is 11.9 Å². The van der Waals surface area contributed by atoms with Gasteiger partial charge in [-0.25, -0.2) is 14.2 Å². The fourth-order valence-corrected chi connectivity index (χ4v) is 3.35. The van der Waals surface area contributed by atoms with Crippen LogP contribution < -0.4 is 5.32 Å². The molecule has 4 rings (SSSR count). The van der Waals surface area contributed by atoms with Gasteiger partial charge in [-0.05, 0) is 29.3 Å². The van der Waals surface area contributed by atoms with Gasteiger partial charge in [0.1, 0.15) is 17.7 Å². The third kappa shape index (κ3) is 3.38. The van der Waals surface area contributed by atoms with E-state index in [4.69, 9.17) is 4.74 Å². The topological polar surface area (TPSA) is 73.2 Å². The van der Waals surface area contributed by atoms with Crippen LogP contribution in [-0.4, -0.2) is 27.5 Å². The van der Waals surface area contributed by atoms with Crippen LogP contribution in [0.1, 0.15) is 33.4 Å². The van der Waals surface area contributed by atoms with E-state index in [0.29, 0.717) is 17.0 Å². The Morgan fingerprint density at radius 3 is 2.86 bits per heavy atom. The Kier molecular flexibility index (Phi) is 4.65. The largest absolute Gasteiger partial charge is 0.448 e. The minimum Gasteiger partial charge on any atom is -0.448 e. The number of cyclic esters (lactones) is 1. The van der Waals surface area contributed by atoms with Crippen LogP contribution in [0.5, 0.6) is 0 Å². The van der Waals surface area contributed by atoms with Gasteiger partial charge >= 0.3 is 5.97 Å². The van der Waals surface area contributed by atoms with Gasteiger partial charge in [0.05, 0.1) is 5.56 Å². The van der Waals surface area contributed by atoms with E-state index >= 15 is 0 Å². The lowest BCUT2D eigenvalue weighted by molar-refractivity contribution is -0.130. The zero-order valence-electron chi connectivity index (χ0n) is 15.1. The van der Waals surface area contributed by atoms with Gasteiger partial charge in [0.2, 0.25) is 0 Å². The molecule has 3 aromatic rings. The molecule has 6 nitrogen and oxygen atoms in total. The molecular weight excluding hydrogens is 361 g/mol. The molecule has 1 aliphatic heterocycles. The standard InChI is InChI=1S/C21H18FN3O3/c1-25-10-9-23-19(25)18(14-6-4-7-15(22)11-14)24-20(26)17-12-13-5-2-3-8-16(13)21(27)28-17/h2-11,17-18H,12H2,1H3,(H,24,26). The maximum atomic E-state index is 13.8. The van der Waals surface area contributed by atoms with E-state index in [1.165, 1.54) is 12.1 Å². The number of fused-ring (bicyclic) bond motifs is 1. The molecule has 0 aliphatic carbocycles. The van der Waals surface area contributed by atoms with Crippen LogP contribution in [0, 0.1) is 5.82 Å². The number of rotatable bonds is 4. The van der Waals surface area contributed by atoms with Crippen molar-refractivity contribution in [2.45, 2.75) is 18.6 Å². The number of amides is 1. The Morgan fingerprint density at radius 1 is 1.29 bits per heavy atom. The summed E-state index contributed by atoms with van der Waals surface area (Å²) in [7, 11) is 1.79. The van der Waals surface area contributed by atoms with Gasteiger partial charge in [0.15, 0.2) is 6.10 Å². The van der Waals surface area contributed by atoms with Gasteiger partial charge in [-0.1, -0.05) is 30.3 Å². The van der Waals surface area contributed by atoms with E-state index in [2.05, 4.69) is 10.3 Å². The third-order valence-corrected chi connectivity index (χ3v) is 4.77. The van der Waals surface area contributed by atoms with Crippen molar-refractivity contribution in [3.63, 3.8) is 0 Å². The van der Waals surface area contributed by atoms with Crippen LogP contribution in [0.2, 0.25) is 0 Å². The van der Waals surface area contributed by atoms with Crippen molar-refractivity contribution in [1.29, 1.82) is 0 Å². The van der Waals surface area contributed by atoms with Crippen molar-refractivity contribution in [3.8, 4) is 0 Å². The highest BCUT2D eigenvalue weighted by Crippen LogP contribution is 2.24. The minimum atomic E-state index is -0.960. The summed E-state index contributed by atoms with van der Waals surface area (Å²) in [6.07, 6.45) is 2.67. The van der Waals surface area contributed by atoms with Crippen LogP contribution in [-0.2, 0) is 23.0 Å². The summed E-state index contributed by atoms with van der Waals surface area (Å²) in [5.41, 5.74) is 1.78. The Labute approximate surface area is 161 Å². The molecule has 0 spiro atoms. The van der Waals surface area contributed by atoms with Crippen LogP contribution in [0.3, 0.4) is 0 Å². The lowest BCUT2D eigenvalue weighted by Gasteiger charge is -2.26. The molecule has 28 heavy (non-hydrogen) atoms. The van der Waals surface area contributed by atoms with Gasteiger partial charge in [-0.2, -0.15) is 0 Å². The number of esters is 1. The molecule has 0 bridgehead atoms. The first kappa shape index (κ1) is 17.9. The Balaban J connectivity index is 1.62. The second-order valence-corrected chi connectivity index (χ2v) is 6.65. The van der Waals surface area contributed by atoms with E-state index < -0.39 is 29.8 Å². The number of benzene rings is 2. The molecule has 142 valence electrons. The number of nitrogens with zero attached hydrogens (tertiary/aromatic N) is 2. The summed E-state index contributed by atoms with van der Waals surface area (Å²) in [6.45, 7) is 0. The number of hydrogen-bond acceptors (Lipinski definition) is 4. The highest BCUT2D eigenvalue weighted by atomic mass is 19.1. The molecule has 2 aromatic carbocycles. The molecule has 2 unspecified atom stereocenters. The van der Waals surface area contributed by atoms with Gasteiger partial charge < -0.3 is 14.6 Å². The first-order valence-corrected chi connectivity index (χ1v) is 8.85. The molecular formula is C21H18FN3O3. The number of imidazole rings is 1. The molecule has 0 radical (unpaired) electrons. The average molecular weight is 379 g/mol. The summed E-state index contributed by atoms with van der Waals surface area (Å²) in [5, 5.41) is 2.86. The van der Waals surface area contributed by atoms with E-state index in [-0.39, 0.29) is 6.42 Å². The normalized spacial score (nSPS) is 16.8. The average Bonchev–Trinajstić information content (AvgIpc) is 3.11. The summed E-state index contributed by atoms with van der Waals surface area (Å²) >= 11 is 0. The van der Waals surface area contributed by atoms with E-state index in [0.717, 1.165) is 5.56 Å². The van der Waals surface area contributed by atoms with Crippen molar-refractivity contribution in [1.82, 2.24) is 14.9 Å². The Bertz CT molecular complexity index is 1050. The third-order valence-electron chi connectivity index (χ3n) is 4.77. The van der Waals surface area contributed by atoms with Gasteiger partial charge in [0.25, 0.3) is 5.91 Å². The zero-order chi connectivity index (χ0) is 19.7. The number of ether oxygens (including phenoxy) is 1. The zero-order valence-corrected chi connectivity index (χ0v) is 15.1. The van der Waals surface area contributed by atoms with Gasteiger partial charge in [-0.3, -0.25) is 4.79 Å². The fourth-order valence-electron chi connectivity index (χ4n) is 3.35. The monoisotopic (exact) mass is 379 g/mol. The molecule has 1 aromatic heterocycles. The number of aryl methyl sites for hydroxylation is 1. The summed E-state index contributed by atoms with van der Waals surface area (Å²) in [6, 6.07) is 12.3. The summed E-state index contributed by atoms with van der Waals surface area (Å²) in [4.78, 5) is 29.4. The Hall–Kier alpha value is -3.48. The lowest BCUT2D eigenvalue weighted by atomic mass is 9.97. The molecule has 0 saturated heterocycles. The van der Waals surface area contributed by atoms with Crippen molar-refractivity contribution in [2.24, 2.45) is 7.05 Å². The fraction of sp³-hybridized carbons (Fsp3) is 0.190. The van der Waals surface area contributed by atoms with Crippen LogP contribution in [0.15, 0.2) is 60.9 Å². The summed E-state index contributed by atoms with van der Waals surface area (Å²) < 4.78 is 20.8. The molecule has 1 amide bonds. The van der Waals surface area contributed by atoms with Gasteiger partial charge in [-0.15, -0.1) is 0 Å². The maximum Gasteiger partial charge on any atom is 0.339 e. The first-order valence-electron chi connectivity index (χ1n) is 8.85. The number of halogens is 1. The van der Waals surface area contributed by atoms with Crippen molar-refractivity contribution in [2.75, 3.05) is 0 Å². The highest BCUT2D eigenvalue weighted by Gasteiger charge is 2.33. The maximum absolute atomic E-state index is 13.8. The van der Waals surface area contributed by atoms with Crippen molar-refractivity contribution in [3.05, 3.63) is 89.3 Å². The van der Waals surface area contributed by atoms with E-state index in [1.807, 2.05) is 6.07 Å². The van der Waals surface area contributed by atoms with E-state index in [9.17, 15) is 14.0 Å². The number of aromatic nitrogens is 2. The van der Waals surface area contributed by atoms with Crippen LogP contribution in [0.4, 0.5) is 4.39 Å². The molecule has 7 heteroatoms. The number of carbonyl (C=O) groups is 2. The SMILES string of the molecule is Cn1ccnc1C(NC(=O)C1Cc2ccccc2C(=O)O1)c1cccc(F)c1. The second-order valence-electron chi connectivity index (χ2n) is 6.65. The van der Waals surface area contributed by atoms with Crippen molar-refractivity contribution < 1.29 is 18.7 Å².